The highest BCUT2D eigenvalue weighted by Gasteiger charge is 2.30. The monoisotopic (exact) mass is 339 g/mol. The van der Waals surface area contributed by atoms with Gasteiger partial charge in [0.25, 0.3) is 5.91 Å². The maximum absolute atomic E-state index is 12.8. The van der Waals surface area contributed by atoms with Gasteiger partial charge < -0.3 is 15.2 Å². The van der Waals surface area contributed by atoms with Gasteiger partial charge in [-0.25, -0.2) is 0 Å². The van der Waals surface area contributed by atoms with Gasteiger partial charge in [0.05, 0.1) is 11.6 Å². The van der Waals surface area contributed by atoms with E-state index in [0.29, 0.717) is 11.6 Å². The van der Waals surface area contributed by atoms with Gasteiger partial charge in [-0.3, -0.25) is 4.79 Å². The van der Waals surface area contributed by atoms with Crippen LogP contribution < -0.4 is 5.32 Å². The molecule has 1 aromatic carbocycles. The summed E-state index contributed by atoms with van der Waals surface area (Å²) in [5, 5.41) is 4.05. The Labute approximate surface area is 141 Å². The van der Waals surface area contributed by atoms with Gasteiger partial charge in [-0.1, -0.05) is 29.8 Å². The van der Waals surface area contributed by atoms with Crippen LogP contribution in [0.15, 0.2) is 36.7 Å². The number of amides is 1. The molecule has 1 fully saturated rings. The minimum absolute atomic E-state index is 0. The quantitative estimate of drug-likeness (QED) is 0.882. The van der Waals surface area contributed by atoms with E-state index in [2.05, 4.69) is 10.3 Å². The van der Waals surface area contributed by atoms with Gasteiger partial charge in [-0.15, -0.1) is 12.4 Å². The summed E-state index contributed by atoms with van der Waals surface area (Å²) in [6.07, 6.45) is 3.61. The van der Waals surface area contributed by atoms with Crippen LogP contribution in [0.1, 0.15) is 27.5 Å². The molecule has 0 bridgehead atoms. The number of nitrogens with one attached hydrogen (secondary N) is 2. The molecule has 2 aromatic rings. The first kappa shape index (κ1) is 16.9. The Bertz CT molecular complexity index is 656. The summed E-state index contributed by atoms with van der Waals surface area (Å²) in [7, 11) is 0. The Morgan fingerprint density at radius 2 is 2.09 bits per heavy atom. The second-order valence-corrected chi connectivity index (χ2v) is 5.70. The molecule has 1 saturated heterocycles. The second-order valence-electron chi connectivity index (χ2n) is 5.29. The molecule has 1 amide bonds. The lowest BCUT2D eigenvalue weighted by molar-refractivity contribution is 0.0634. The van der Waals surface area contributed by atoms with Crippen molar-refractivity contribution in [3.05, 3.63) is 58.4 Å². The number of aryl methyl sites for hydroxylation is 1. The highest BCUT2D eigenvalue weighted by Crippen LogP contribution is 2.29. The molecule has 1 atom stereocenters. The first-order chi connectivity index (χ1) is 10.2. The second kappa shape index (κ2) is 7.18. The van der Waals surface area contributed by atoms with Gasteiger partial charge in [-0.2, -0.15) is 0 Å². The van der Waals surface area contributed by atoms with Crippen LogP contribution in [0.5, 0.6) is 0 Å². The van der Waals surface area contributed by atoms with Crippen molar-refractivity contribution in [3.8, 4) is 0 Å². The SMILES string of the molecule is Cc1c[nH]cc1C(=O)N1CCNCC1c1ccccc1Cl.Cl. The third-order valence-electron chi connectivity index (χ3n) is 3.95. The van der Waals surface area contributed by atoms with E-state index in [-0.39, 0.29) is 24.4 Å². The minimum Gasteiger partial charge on any atom is -0.367 e. The lowest BCUT2D eigenvalue weighted by Gasteiger charge is -2.37. The van der Waals surface area contributed by atoms with Crippen molar-refractivity contribution < 1.29 is 4.79 Å². The zero-order valence-electron chi connectivity index (χ0n) is 12.3. The van der Waals surface area contributed by atoms with Crippen LogP contribution in [0.2, 0.25) is 5.02 Å². The molecular weight excluding hydrogens is 321 g/mol. The number of halogens is 2. The summed E-state index contributed by atoms with van der Waals surface area (Å²) in [4.78, 5) is 17.7. The van der Waals surface area contributed by atoms with E-state index in [9.17, 15) is 4.79 Å². The predicted octanol–water partition coefficient (Wildman–Crippen LogP) is 3.19. The van der Waals surface area contributed by atoms with Crippen LogP contribution in [-0.4, -0.2) is 35.4 Å². The minimum atomic E-state index is -0.0331. The van der Waals surface area contributed by atoms with Gasteiger partial charge in [0.1, 0.15) is 0 Å². The van der Waals surface area contributed by atoms with Crippen LogP contribution >= 0.6 is 24.0 Å². The van der Waals surface area contributed by atoms with Crippen molar-refractivity contribution in [1.29, 1.82) is 0 Å². The molecule has 0 spiro atoms. The van der Waals surface area contributed by atoms with E-state index in [1.807, 2.05) is 42.3 Å². The summed E-state index contributed by atoms with van der Waals surface area (Å²) in [6.45, 7) is 4.14. The fourth-order valence-electron chi connectivity index (χ4n) is 2.80. The lowest BCUT2D eigenvalue weighted by Crippen LogP contribution is -2.48. The number of piperazine rings is 1. The first-order valence-corrected chi connectivity index (χ1v) is 7.46. The Morgan fingerprint density at radius 3 is 2.77 bits per heavy atom. The molecule has 1 aliphatic rings. The molecule has 2 N–H and O–H groups in total. The Morgan fingerprint density at radius 1 is 1.32 bits per heavy atom. The summed E-state index contributed by atoms with van der Waals surface area (Å²) in [5.74, 6) is 0.0557. The standard InChI is InChI=1S/C16H18ClN3O.ClH/c1-11-8-19-9-13(11)16(21)20-7-6-18-10-15(20)12-4-2-3-5-14(12)17;/h2-5,8-9,15,18-19H,6-7,10H2,1H3;1H. The molecule has 3 rings (SSSR count). The Balaban J connectivity index is 0.00000176. The fourth-order valence-corrected chi connectivity index (χ4v) is 3.06. The van der Waals surface area contributed by atoms with E-state index in [0.717, 1.165) is 29.8 Å². The number of H-pyrrole nitrogens is 1. The molecule has 1 aliphatic heterocycles. The van der Waals surface area contributed by atoms with Gasteiger partial charge in [0.2, 0.25) is 0 Å². The number of hydrogen-bond acceptors (Lipinski definition) is 2. The molecule has 22 heavy (non-hydrogen) atoms. The molecule has 0 saturated carbocycles. The van der Waals surface area contributed by atoms with E-state index in [4.69, 9.17) is 11.6 Å². The summed E-state index contributed by atoms with van der Waals surface area (Å²) in [6, 6.07) is 7.69. The van der Waals surface area contributed by atoms with Gasteiger partial charge in [0, 0.05) is 37.1 Å². The molecule has 0 radical (unpaired) electrons. The van der Waals surface area contributed by atoms with Crippen LogP contribution in [0.25, 0.3) is 0 Å². The van der Waals surface area contributed by atoms with Gasteiger partial charge in [0.15, 0.2) is 0 Å². The molecule has 6 heteroatoms. The van der Waals surface area contributed by atoms with Gasteiger partial charge in [-0.05, 0) is 24.1 Å². The predicted molar refractivity (Wildman–Crippen MR) is 90.9 cm³/mol. The largest absolute Gasteiger partial charge is 0.367 e. The van der Waals surface area contributed by atoms with E-state index >= 15 is 0 Å². The third kappa shape index (κ3) is 3.14. The maximum atomic E-state index is 12.8. The van der Waals surface area contributed by atoms with Crippen molar-refractivity contribution in [2.75, 3.05) is 19.6 Å². The number of nitrogens with zero attached hydrogens (tertiary/aromatic N) is 1. The number of rotatable bonds is 2. The van der Waals surface area contributed by atoms with Crippen molar-refractivity contribution in [3.63, 3.8) is 0 Å². The molecule has 1 aromatic heterocycles. The topological polar surface area (TPSA) is 48.1 Å². The molecule has 0 aliphatic carbocycles. The highest BCUT2D eigenvalue weighted by molar-refractivity contribution is 6.31. The number of carbonyl (C=O) groups excluding carboxylic acids is 1. The van der Waals surface area contributed by atoms with E-state index in [1.165, 1.54) is 0 Å². The van der Waals surface area contributed by atoms with Crippen LogP contribution in [0, 0.1) is 6.92 Å². The normalized spacial score (nSPS) is 17.9. The number of aromatic amines is 1. The zero-order chi connectivity index (χ0) is 14.8. The van der Waals surface area contributed by atoms with Crippen molar-refractivity contribution in [2.45, 2.75) is 13.0 Å². The number of hydrogen-bond donors (Lipinski definition) is 2. The summed E-state index contributed by atoms with van der Waals surface area (Å²) in [5.41, 5.74) is 2.69. The lowest BCUT2D eigenvalue weighted by atomic mass is 10.0. The summed E-state index contributed by atoms with van der Waals surface area (Å²) < 4.78 is 0. The molecule has 2 heterocycles. The Kier molecular flexibility index (Phi) is 5.51. The van der Waals surface area contributed by atoms with Crippen LogP contribution in [0.4, 0.5) is 0 Å². The zero-order valence-corrected chi connectivity index (χ0v) is 13.9. The van der Waals surface area contributed by atoms with Crippen LogP contribution in [-0.2, 0) is 0 Å². The Hall–Kier alpha value is -1.49. The van der Waals surface area contributed by atoms with Crippen molar-refractivity contribution >= 4 is 29.9 Å². The molecular formula is C16H19Cl2N3O. The molecule has 1 unspecified atom stereocenters. The average Bonchev–Trinajstić information content (AvgIpc) is 2.93. The molecule has 4 nitrogen and oxygen atoms in total. The number of carbonyl (C=O) groups is 1. The average molecular weight is 340 g/mol. The van der Waals surface area contributed by atoms with E-state index in [1.54, 1.807) is 6.20 Å². The van der Waals surface area contributed by atoms with Gasteiger partial charge >= 0.3 is 0 Å². The molecule has 118 valence electrons. The fraction of sp³-hybridized carbons (Fsp3) is 0.312. The first-order valence-electron chi connectivity index (χ1n) is 7.08. The van der Waals surface area contributed by atoms with Crippen LogP contribution in [0.3, 0.4) is 0 Å². The number of aromatic nitrogens is 1. The van der Waals surface area contributed by atoms with Crippen molar-refractivity contribution in [1.82, 2.24) is 15.2 Å². The summed E-state index contributed by atoms with van der Waals surface area (Å²) >= 11 is 6.31. The smallest absolute Gasteiger partial charge is 0.256 e. The van der Waals surface area contributed by atoms with E-state index < -0.39 is 0 Å². The highest BCUT2D eigenvalue weighted by atomic mass is 35.5. The third-order valence-corrected chi connectivity index (χ3v) is 4.30. The maximum Gasteiger partial charge on any atom is 0.256 e. The number of benzene rings is 1. The van der Waals surface area contributed by atoms with Crippen molar-refractivity contribution in [2.24, 2.45) is 0 Å².